The average molecular weight is 263 g/mol. The molecule has 1 aromatic carbocycles. The summed E-state index contributed by atoms with van der Waals surface area (Å²) in [4.78, 5) is 1.22. The van der Waals surface area contributed by atoms with Crippen LogP contribution in [0.3, 0.4) is 0 Å². The molecule has 0 aliphatic heterocycles. The van der Waals surface area contributed by atoms with Gasteiger partial charge in [-0.15, -0.1) is 11.3 Å². The molecule has 18 heavy (non-hydrogen) atoms. The van der Waals surface area contributed by atoms with Crippen molar-refractivity contribution < 1.29 is 9.47 Å². The van der Waals surface area contributed by atoms with E-state index in [0.717, 1.165) is 23.6 Å². The van der Waals surface area contributed by atoms with E-state index >= 15 is 0 Å². The number of hydrogen-bond donors (Lipinski definition) is 1. The summed E-state index contributed by atoms with van der Waals surface area (Å²) in [7, 11) is 3.59. The minimum absolute atomic E-state index is 0.599. The first-order chi connectivity index (χ1) is 8.83. The molecule has 0 unspecified atom stereocenters. The van der Waals surface area contributed by atoms with Crippen molar-refractivity contribution in [3.63, 3.8) is 0 Å². The molecule has 0 radical (unpaired) electrons. The number of thiophene rings is 1. The van der Waals surface area contributed by atoms with E-state index in [0.29, 0.717) is 6.61 Å². The summed E-state index contributed by atoms with van der Waals surface area (Å²) in [6.45, 7) is 1.38. The van der Waals surface area contributed by atoms with E-state index in [2.05, 4.69) is 16.8 Å². The Morgan fingerprint density at radius 2 is 2.17 bits per heavy atom. The first kappa shape index (κ1) is 12.9. The lowest BCUT2D eigenvalue weighted by Gasteiger charge is -2.12. The molecular formula is C14H17NO2S. The van der Waals surface area contributed by atoms with Crippen LogP contribution in [0.2, 0.25) is 0 Å². The van der Waals surface area contributed by atoms with Crippen LogP contribution < -0.4 is 14.8 Å². The van der Waals surface area contributed by atoms with E-state index in [9.17, 15) is 0 Å². The monoisotopic (exact) mass is 263 g/mol. The van der Waals surface area contributed by atoms with Gasteiger partial charge in [-0.1, -0.05) is 12.1 Å². The third kappa shape index (κ3) is 3.24. The summed E-state index contributed by atoms with van der Waals surface area (Å²) in [6, 6.07) is 10.0. The lowest BCUT2D eigenvalue weighted by molar-refractivity contribution is 0.303. The van der Waals surface area contributed by atoms with Gasteiger partial charge in [-0.3, -0.25) is 0 Å². The molecule has 0 spiro atoms. The number of hydrogen-bond acceptors (Lipinski definition) is 4. The molecule has 96 valence electrons. The van der Waals surface area contributed by atoms with E-state index in [1.165, 1.54) is 4.88 Å². The van der Waals surface area contributed by atoms with Crippen molar-refractivity contribution >= 4 is 11.3 Å². The quantitative estimate of drug-likeness (QED) is 0.869. The van der Waals surface area contributed by atoms with Crippen LogP contribution in [-0.4, -0.2) is 14.2 Å². The number of nitrogens with one attached hydrogen (secondary N) is 1. The molecule has 0 saturated carbocycles. The second-order valence-electron chi connectivity index (χ2n) is 3.87. The summed E-state index contributed by atoms with van der Waals surface area (Å²) in [5.41, 5.74) is 1.13. The SMILES string of the molecule is CNCc1ccc(OC)cc1OCc1cccs1. The molecule has 1 aromatic heterocycles. The van der Waals surface area contributed by atoms with Crippen molar-refractivity contribution in [2.75, 3.05) is 14.2 Å². The molecular weight excluding hydrogens is 246 g/mol. The molecule has 0 atom stereocenters. The highest BCUT2D eigenvalue weighted by Crippen LogP contribution is 2.26. The van der Waals surface area contributed by atoms with Crippen LogP contribution in [0.4, 0.5) is 0 Å². The van der Waals surface area contributed by atoms with Gasteiger partial charge < -0.3 is 14.8 Å². The number of rotatable bonds is 6. The normalized spacial score (nSPS) is 10.3. The minimum Gasteiger partial charge on any atom is -0.497 e. The molecule has 0 fully saturated rings. The molecule has 0 bridgehead atoms. The van der Waals surface area contributed by atoms with Gasteiger partial charge in [0, 0.05) is 23.1 Å². The lowest BCUT2D eigenvalue weighted by Crippen LogP contribution is -2.07. The molecule has 0 aliphatic rings. The van der Waals surface area contributed by atoms with Crippen LogP contribution in [-0.2, 0) is 13.2 Å². The van der Waals surface area contributed by atoms with Gasteiger partial charge in [0.05, 0.1) is 7.11 Å². The molecule has 3 nitrogen and oxygen atoms in total. The van der Waals surface area contributed by atoms with E-state index in [4.69, 9.17) is 9.47 Å². The van der Waals surface area contributed by atoms with E-state index in [1.807, 2.05) is 31.3 Å². The zero-order valence-electron chi connectivity index (χ0n) is 10.6. The molecule has 1 heterocycles. The first-order valence-electron chi connectivity index (χ1n) is 5.80. The van der Waals surface area contributed by atoms with Crippen LogP contribution >= 0.6 is 11.3 Å². The Morgan fingerprint density at radius 3 is 2.83 bits per heavy atom. The van der Waals surface area contributed by atoms with Crippen LogP contribution in [0, 0.1) is 0 Å². The summed E-state index contributed by atoms with van der Waals surface area (Å²) in [5.74, 6) is 1.69. The molecule has 4 heteroatoms. The largest absolute Gasteiger partial charge is 0.497 e. The Hall–Kier alpha value is -1.52. The predicted molar refractivity (Wildman–Crippen MR) is 74.4 cm³/mol. The van der Waals surface area contributed by atoms with E-state index in [-0.39, 0.29) is 0 Å². The van der Waals surface area contributed by atoms with Crippen molar-refractivity contribution in [3.05, 3.63) is 46.2 Å². The third-order valence-electron chi connectivity index (χ3n) is 2.59. The van der Waals surface area contributed by atoms with Crippen LogP contribution in [0.15, 0.2) is 35.7 Å². The highest BCUT2D eigenvalue weighted by molar-refractivity contribution is 7.09. The fraction of sp³-hybridized carbons (Fsp3) is 0.286. The number of benzene rings is 1. The summed E-state index contributed by atoms with van der Waals surface area (Å²) >= 11 is 1.70. The maximum absolute atomic E-state index is 5.87. The average Bonchev–Trinajstić information content (AvgIpc) is 2.91. The molecule has 0 aliphatic carbocycles. The third-order valence-corrected chi connectivity index (χ3v) is 3.44. The molecule has 0 amide bonds. The second kappa shape index (κ2) is 6.42. The van der Waals surface area contributed by atoms with Crippen molar-refractivity contribution in [1.29, 1.82) is 0 Å². The summed E-state index contributed by atoms with van der Waals surface area (Å²) < 4.78 is 11.1. The van der Waals surface area contributed by atoms with Gasteiger partial charge in [0.1, 0.15) is 18.1 Å². The topological polar surface area (TPSA) is 30.5 Å². The standard InChI is InChI=1S/C14H17NO2S/c1-15-9-11-5-6-12(16-2)8-14(11)17-10-13-4-3-7-18-13/h3-8,15H,9-10H2,1-2H3. The maximum atomic E-state index is 5.87. The number of methoxy groups -OCH3 is 1. The van der Waals surface area contributed by atoms with Gasteiger partial charge >= 0.3 is 0 Å². The highest BCUT2D eigenvalue weighted by Gasteiger charge is 2.06. The molecule has 0 saturated heterocycles. The van der Waals surface area contributed by atoms with Crippen LogP contribution in [0.25, 0.3) is 0 Å². The number of ether oxygens (including phenoxy) is 2. The van der Waals surface area contributed by atoms with Gasteiger partial charge in [-0.05, 0) is 24.6 Å². The molecule has 2 aromatic rings. The maximum Gasteiger partial charge on any atom is 0.128 e. The zero-order valence-corrected chi connectivity index (χ0v) is 11.4. The summed E-state index contributed by atoms with van der Waals surface area (Å²) in [5, 5.41) is 5.19. The smallest absolute Gasteiger partial charge is 0.128 e. The second-order valence-corrected chi connectivity index (χ2v) is 4.90. The van der Waals surface area contributed by atoms with Gasteiger partial charge in [0.2, 0.25) is 0 Å². The Morgan fingerprint density at radius 1 is 1.28 bits per heavy atom. The Bertz CT molecular complexity index is 483. The fourth-order valence-electron chi connectivity index (χ4n) is 1.68. The van der Waals surface area contributed by atoms with Gasteiger partial charge in [0.25, 0.3) is 0 Å². The summed E-state index contributed by atoms with van der Waals surface area (Å²) in [6.07, 6.45) is 0. The van der Waals surface area contributed by atoms with Crippen LogP contribution in [0.1, 0.15) is 10.4 Å². The Balaban J connectivity index is 2.12. The van der Waals surface area contributed by atoms with Gasteiger partial charge in [-0.2, -0.15) is 0 Å². The van der Waals surface area contributed by atoms with Gasteiger partial charge in [-0.25, -0.2) is 0 Å². The Labute approximate surface area is 111 Å². The predicted octanol–water partition coefficient (Wildman–Crippen LogP) is 3.06. The highest BCUT2D eigenvalue weighted by atomic mass is 32.1. The first-order valence-corrected chi connectivity index (χ1v) is 6.68. The van der Waals surface area contributed by atoms with Crippen molar-refractivity contribution in [2.24, 2.45) is 0 Å². The minimum atomic E-state index is 0.599. The van der Waals surface area contributed by atoms with E-state index < -0.39 is 0 Å². The van der Waals surface area contributed by atoms with Crippen molar-refractivity contribution in [1.82, 2.24) is 5.32 Å². The van der Waals surface area contributed by atoms with E-state index in [1.54, 1.807) is 18.4 Å². The molecule has 2 rings (SSSR count). The van der Waals surface area contributed by atoms with Crippen molar-refractivity contribution in [3.8, 4) is 11.5 Å². The Kier molecular flexibility index (Phi) is 4.61. The molecule has 1 N–H and O–H groups in total. The van der Waals surface area contributed by atoms with Crippen LogP contribution in [0.5, 0.6) is 11.5 Å². The zero-order chi connectivity index (χ0) is 12.8. The van der Waals surface area contributed by atoms with Gasteiger partial charge in [0.15, 0.2) is 0 Å². The fourth-order valence-corrected chi connectivity index (χ4v) is 2.29. The lowest BCUT2D eigenvalue weighted by atomic mass is 10.2. The van der Waals surface area contributed by atoms with Crippen molar-refractivity contribution in [2.45, 2.75) is 13.2 Å².